The van der Waals surface area contributed by atoms with Gasteiger partial charge in [-0.2, -0.15) is 0 Å². The Bertz CT molecular complexity index is 3810. The highest BCUT2D eigenvalue weighted by atomic mass is 79.9. The quantitative estimate of drug-likeness (QED) is 0.134. The molecule has 4 fully saturated rings. The monoisotopic (exact) mass is 1170 g/mol. The molecule has 0 bridgehead atoms. The van der Waals surface area contributed by atoms with Gasteiger partial charge in [0.25, 0.3) is 0 Å². The number of anilines is 1. The van der Waals surface area contributed by atoms with E-state index < -0.39 is 0 Å². The minimum absolute atomic E-state index is 0.197. The summed E-state index contributed by atoms with van der Waals surface area (Å²) in [5, 5.41) is 8.08. The number of ether oxygens (including phenoxy) is 4. The van der Waals surface area contributed by atoms with Crippen molar-refractivity contribution in [1.29, 1.82) is 0 Å². The van der Waals surface area contributed by atoms with E-state index in [1.165, 1.54) is 71.6 Å². The summed E-state index contributed by atoms with van der Waals surface area (Å²) in [6, 6.07) is 54.2. The molecule has 0 aliphatic carbocycles. The van der Waals surface area contributed by atoms with Crippen LogP contribution >= 0.6 is 15.9 Å². The molecule has 10 aromatic rings. The smallest absolute Gasteiger partial charge is 0.410 e. The van der Waals surface area contributed by atoms with E-state index >= 15 is 0 Å². The van der Waals surface area contributed by atoms with Crippen LogP contribution in [-0.4, -0.2) is 118 Å². The van der Waals surface area contributed by atoms with Gasteiger partial charge in [-0.05, 0) is 108 Å². The fourth-order valence-corrected chi connectivity index (χ4v) is 11.8. The number of carbonyl (C=O) groups is 2. The second kappa shape index (κ2) is 25.6. The molecule has 0 unspecified atom stereocenters. The maximum Gasteiger partial charge on any atom is 0.410 e. The fraction of sp³-hybridized carbons (Fsp3) is 0.294. The second-order valence-electron chi connectivity index (χ2n) is 22.0. The minimum atomic E-state index is -0.236. The van der Waals surface area contributed by atoms with Crippen LogP contribution in [0.2, 0.25) is 0 Å². The molecule has 4 aromatic heterocycles. The Labute approximate surface area is 492 Å². The summed E-state index contributed by atoms with van der Waals surface area (Å²) in [5.74, 6) is 0. The lowest BCUT2D eigenvalue weighted by atomic mass is 10.0. The van der Waals surface area contributed by atoms with Crippen LogP contribution in [0.5, 0.6) is 0 Å². The number of likely N-dealkylation sites (tertiary alicyclic amines) is 2. The number of carbonyl (C=O) groups excluding carboxylic acids is 2. The van der Waals surface area contributed by atoms with Crippen molar-refractivity contribution >= 4 is 77.4 Å². The third-order valence-electron chi connectivity index (χ3n) is 16.5. The molecular formula is C68H69BrN8O6. The van der Waals surface area contributed by atoms with Gasteiger partial charge in [0.1, 0.15) is 13.2 Å². The van der Waals surface area contributed by atoms with Gasteiger partial charge < -0.3 is 48.1 Å². The normalized spacial score (nSPS) is 16.0. The zero-order valence-electron chi connectivity index (χ0n) is 47.0. The van der Waals surface area contributed by atoms with Crippen molar-refractivity contribution in [2.24, 2.45) is 14.1 Å². The first-order valence-electron chi connectivity index (χ1n) is 28.9. The van der Waals surface area contributed by atoms with Gasteiger partial charge in [0.15, 0.2) is 0 Å². The topological polar surface area (TPSA) is 128 Å². The van der Waals surface area contributed by atoms with Crippen LogP contribution in [0, 0.1) is 0 Å². The van der Waals surface area contributed by atoms with E-state index in [4.69, 9.17) is 18.9 Å². The number of aryl methyl sites for hydroxylation is 2. The van der Waals surface area contributed by atoms with Crippen LogP contribution in [0.15, 0.2) is 187 Å². The molecule has 0 saturated carbocycles. The molecule has 4 saturated heterocycles. The lowest BCUT2D eigenvalue weighted by Gasteiger charge is -2.43. The van der Waals surface area contributed by atoms with Crippen molar-refractivity contribution in [3.63, 3.8) is 0 Å². The van der Waals surface area contributed by atoms with Crippen molar-refractivity contribution < 1.29 is 28.5 Å². The van der Waals surface area contributed by atoms with Crippen LogP contribution in [0.4, 0.5) is 15.3 Å². The summed E-state index contributed by atoms with van der Waals surface area (Å²) in [6.45, 7) is 7.16. The zero-order chi connectivity index (χ0) is 56.7. The summed E-state index contributed by atoms with van der Waals surface area (Å²) in [6.07, 6.45) is 11.7. The Morgan fingerprint density at radius 2 is 0.928 bits per heavy atom. The summed E-state index contributed by atoms with van der Waals surface area (Å²) >= 11 is 3.48. The number of hydrogen-bond acceptors (Lipinski definition) is 10. The lowest BCUT2D eigenvalue weighted by molar-refractivity contribution is -0.0607. The van der Waals surface area contributed by atoms with E-state index in [0.717, 1.165) is 80.6 Å². The Balaban J connectivity index is 0.000000136. The van der Waals surface area contributed by atoms with E-state index in [0.29, 0.717) is 32.4 Å². The number of rotatable bonds is 11. The Hall–Kier alpha value is -8.08. The van der Waals surface area contributed by atoms with E-state index in [9.17, 15) is 9.59 Å². The van der Waals surface area contributed by atoms with Crippen LogP contribution in [0.3, 0.4) is 0 Å². The van der Waals surface area contributed by atoms with Gasteiger partial charge >= 0.3 is 12.2 Å². The molecule has 15 heteroatoms. The first-order chi connectivity index (χ1) is 40.7. The molecule has 0 radical (unpaired) electrons. The number of aromatic nitrogens is 4. The zero-order valence-corrected chi connectivity index (χ0v) is 48.6. The van der Waals surface area contributed by atoms with Crippen molar-refractivity contribution in [2.45, 2.75) is 63.3 Å². The van der Waals surface area contributed by atoms with Gasteiger partial charge in [-0.15, -0.1) is 0 Å². The molecule has 83 heavy (non-hydrogen) atoms. The van der Waals surface area contributed by atoms with E-state index in [1.807, 2.05) is 85.5 Å². The van der Waals surface area contributed by atoms with Crippen molar-refractivity contribution in [1.82, 2.24) is 34.2 Å². The molecule has 14 nitrogen and oxygen atoms in total. The maximum absolute atomic E-state index is 12.4. The van der Waals surface area contributed by atoms with Crippen LogP contribution in [-0.2, 0) is 46.3 Å². The van der Waals surface area contributed by atoms with Crippen LogP contribution in [0.25, 0.3) is 65.9 Å². The maximum atomic E-state index is 12.4. The summed E-state index contributed by atoms with van der Waals surface area (Å²) in [7, 11) is 4.22. The number of piperidine rings is 2. The largest absolute Gasteiger partial charge is 0.445 e. The highest BCUT2D eigenvalue weighted by Crippen LogP contribution is 2.35. The molecule has 2 amide bonds. The van der Waals surface area contributed by atoms with Crippen molar-refractivity contribution in [3.8, 4) is 22.3 Å². The number of benzene rings is 6. The highest BCUT2D eigenvalue weighted by molar-refractivity contribution is 9.10. The highest BCUT2D eigenvalue weighted by Gasteiger charge is 2.33. The van der Waals surface area contributed by atoms with Gasteiger partial charge in [-0.3, -0.25) is 9.97 Å². The molecule has 0 atom stereocenters. The molecule has 4 aliphatic heterocycles. The summed E-state index contributed by atoms with van der Waals surface area (Å²) in [4.78, 5) is 39.0. The van der Waals surface area contributed by atoms with Gasteiger partial charge in [-0.25, -0.2) is 9.59 Å². The molecule has 1 N–H and O–H groups in total. The standard InChI is InChI=1S/C34H34N4O3.C18H13BrN2.C16H22N2O3/c1-36-32-13-16-35-20-31(32)30-12-9-26(19-33(30)36)25-7-10-27(11-8-25)38-21-29(22-38)41-28-14-17-37(18-15-28)34(39)40-23-24-5-3-2-4-6-24;1-21-17-8-9-20-11-16(17)15-7-4-13(10-18(15)21)12-2-5-14(19)6-3-12;19-16(20-12-13-4-2-1-3-5-13)18-8-6-14(7-9-18)21-15-10-17-11-15/h2-13,16,19-20,28-29H,14-15,17-18,21-23H2,1H3;2-11H,1H3;1-5,14-15,17H,6-12H2. The lowest BCUT2D eigenvalue weighted by Crippen LogP contribution is -2.54. The number of nitrogens with zero attached hydrogens (tertiary/aromatic N) is 7. The molecule has 4 aliphatic rings. The third-order valence-corrected chi connectivity index (χ3v) is 17.1. The van der Waals surface area contributed by atoms with Crippen LogP contribution in [0.1, 0.15) is 36.8 Å². The average Bonchev–Trinajstić information content (AvgIpc) is 3.77. The van der Waals surface area contributed by atoms with Gasteiger partial charge in [-0.1, -0.05) is 125 Å². The van der Waals surface area contributed by atoms with E-state index in [1.54, 1.807) is 9.80 Å². The second-order valence-corrected chi connectivity index (χ2v) is 22.9. The average molecular weight is 1170 g/mol. The first-order valence-corrected chi connectivity index (χ1v) is 29.7. The predicted octanol–water partition coefficient (Wildman–Crippen LogP) is 13.3. The molecule has 8 heterocycles. The predicted molar refractivity (Wildman–Crippen MR) is 332 cm³/mol. The molecule has 14 rings (SSSR count). The fourth-order valence-electron chi connectivity index (χ4n) is 11.6. The van der Waals surface area contributed by atoms with E-state index in [-0.39, 0.29) is 30.5 Å². The third kappa shape index (κ3) is 12.9. The van der Waals surface area contributed by atoms with Crippen LogP contribution < -0.4 is 10.2 Å². The van der Waals surface area contributed by atoms with Crippen molar-refractivity contribution in [3.05, 3.63) is 198 Å². The molecule has 0 spiro atoms. The molecule has 424 valence electrons. The van der Waals surface area contributed by atoms with Crippen molar-refractivity contribution in [2.75, 3.05) is 57.3 Å². The Morgan fingerprint density at radius 3 is 1.37 bits per heavy atom. The SMILES string of the molecule is Cn1c2ccncc2c2ccc(-c3ccc(Br)cc3)cc21.Cn1c2ccncc2c2ccc(-c3ccc(N4CC(OC5CCN(C(=O)OCc6ccccc6)CC5)C4)cc3)cc21.O=C(OCc1ccccc1)N1CCC(OC2CNC2)CC1. The molecule has 6 aromatic carbocycles. The van der Waals surface area contributed by atoms with Gasteiger partial charge in [0.05, 0.1) is 35.4 Å². The number of fused-ring (bicyclic) bond motifs is 6. The summed E-state index contributed by atoms with van der Waals surface area (Å²) in [5.41, 5.74) is 13.0. The Morgan fingerprint density at radius 1 is 0.494 bits per heavy atom. The number of halogens is 1. The number of amides is 2. The number of nitrogens with one attached hydrogen (secondary N) is 1. The van der Waals surface area contributed by atoms with Gasteiger partial charge in [0, 0.05) is 134 Å². The first kappa shape index (κ1) is 55.5. The minimum Gasteiger partial charge on any atom is -0.445 e. The Kier molecular flexibility index (Phi) is 17.1. The number of hydrogen-bond donors (Lipinski definition) is 1. The summed E-state index contributed by atoms with van der Waals surface area (Å²) < 4.78 is 28.7. The number of pyridine rings is 2. The van der Waals surface area contributed by atoms with E-state index in [2.05, 4.69) is 156 Å². The van der Waals surface area contributed by atoms with Gasteiger partial charge in [0.2, 0.25) is 0 Å². The molecular weight excluding hydrogens is 1100 g/mol.